The van der Waals surface area contributed by atoms with Crippen molar-refractivity contribution in [1.29, 1.82) is 0 Å². The summed E-state index contributed by atoms with van der Waals surface area (Å²) in [6.07, 6.45) is 0. The number of phenolic OH excluding ortho intramolecular Hbond substituents is 1. The SMILES string of the molecule is C[C@@H]([C@H]1CS1)S(=O)(=O)c1ccc(Oc2ccc(O)cc2)cc1. The number of thioether (sulfide) groups is 1. The molecule has 0 unspecified atom stereocenters. The Kier molecular flexibility index (Phi) is 4.06. The molecule has 3 rings (SSSR count). The molecule has 4 nitrogen and oxygen atoms in total. The zero-order valence-corrected chi connectivity index (χ0v) is 13.6. The zero-order chi connectivity index (χ0) is 15.7. The van der Waals surface area contributed by atoms with Crippen molar-refractivity contribution in [3.05, 3.63) is 48.5 Å². The molecular weight excluding hydrogens is 320 g/mol. The quantitative estimate of drug-likeness (QED) is 0.847. The Morgan fingerprint density at radius 2 is 1.59 bits per heavy atom. The molecule has 0 amide bonds. The summed E-state index contributed by atoms with van der Waals surface area (Å²) in [5, 5.41) is 9.09. The van der Waals surface area contributed by atoms with Crippen LogP contribution in [0.1, 0.15) is 6.92 Å². The van der Waals surface area contributed by atoms with Crippen LogP contribution in [0.25, 0.3) is 0 Å². The van der Waals surface area contributed by atoms with E-state index in [-0.39, 0.29) is 16.2 Å². The third-order valence-electron chi connectivity index (χ3n) is 3.60. The summed E-state index contributed by atoms with van der Waals surface area (Å²) in [5.74, 6) is 2.22. The van der Waals surface area contributed by atoms with Crippen LogP contribution < -0.4 is 4.74 Å². The number of rotatable bonds is 5. The van der Waals surface area contributed by atoms with Crippen LogP contribution in [0, 0.1) is 0 Å². The molecule has 2 aromatic carbocycles. The highest BCUT2D eigenvalue weighted by Crippen LogP contribution is 2.38. The summed E-state index contributed by atoms with van der Waals surface area (Å²) in [7, 11) is -3.28. The molecule has 1 saturated heterocycles. The van der Waals surface area contributed by atoms with Crippen molar-refractivity contribution in [3.63, 3.8) is 0 Å². The minimum absolute atomic E-state index is 0.167. The number of benzene rings is 2. The van der Waals surface area contributed by atoms with Gasteiger partial charge in [-0.3, -0.25) is 0 Å². The van der Waals surface area contributed by atoms with Crippen molar-refractivity contribution in [3.8, 4) is 17.2 Å². The van der Waals surface area contributed by atoms with Crippen molar-refractivity contribution >= 4 is 21.6 Å². The maximum Gasteiger partial charge on any atom is 0.182 e. The van der Waals surface area contributed by atoms with Gasteiger partial charge in [0.2, 0.25) is 0 Å². The van der Waals surface area contributed by atoms with Gasteiger partial charge in [-0.15, -0.1) is 0 Å². The third kappa shape index (κ3) is 3.23. The standard InChI is InChI=1S/C16H16O4S2/c1-11(16-10-21-16)22(18,19)15-8-6-14(7-9-15)20-13-4-2-12(17)3-5-13/h2-9,11,16-17H,10H2,1H3/t11-,16+/m0/s1. The Bertz CT molecular complexity index is 748. The van der Waals surface area contributed by atoms with Crippen LogP contribution in [0.5, 0.6) is 17.2 Å². The van der Waals surface area contributed by atoms with E-state index in [4.69, 9.17) is 4.74 Å². The lowest BCUT2D eigenvalue weighted by Crippen LogP contribution is -2.22. The van der Waals surface area contributed by atoms with E-state index in [1.807, 2.05) is 0 Å². The second-order valence-corrected chi connectivity index (χ2v) is 8.77. The molecule has 1 aliphatic heterocycles. The van der Waals surface area contributed by atoms with E-state index in [1.54, 1.807) is 55.1 Å². The van der Waals surface area contributed by atoms with Crippen LogP contribution >= 0.6 is 11.8 Å². The third-order valence-corrected chi connectivity index (χ3v) is 7.13. The molecule has 2 atom stereocenters. The Morgan fingerprint density at radius 1 is 1.09 bits per heavy atom. The van der Waals surface area contributed by atoms with Gasteiger partial charge in [0.15, 0.2) is 9.84 Å². The molecule has 0 radical (unpaired) electrons. The van der Waals surface area contributed by atoms with Gasteiger partial charge < -0.3 is 9.84 Å². The molecular formula is C16H16O4S2. The van der Waals surface area contributed by atoms with Crippen LogP contribution in [0.2, 0.25) is 0 Å². The number of aromatic hydroxyl groups is 1. The van der Waals surface area contributed by atoms with Gasteiger partial charge in [0.05, 0.1) is 10.1 Å². The van der Waals surface area contributed by atoms with E-state index in [9.17, 15) is 13.5 Å². The summed E-state index contributed by atoms with van der Waals surface area (Å²) < 4.78 is 30.5. The monoisotopic (exact) mass is 336 g/mol. The molecule has 0 aromatic heterocycles. The van der Waals surface area contributed by atoms with E-state index in [0.29, 0.717) is 16.4 Å². The molecule has 22 heavy (non-hydrogen) atoms. The fourth-order valence-electron chi connectivity index (χ4n) is 2.09. The molecule has 0 bridgehead atoms. The average Bonchev–Trinajstić information content (AvgIpc) is 3.34. The number of hydrogen-bond donors (Lipinski definition) is 1. The number of hydrogen-bond acceptors (Lipinski definition) is 5. The summed E-state index contributed by atoms with van der Waals surface area (Å²) in [6.45, 7) is 1.76. The lowest BCUT2D eigenvalue weighted by molar-refractivity contribution is 0.464. The highest BCUT2D eigenvalue weighted by molar-refractivity contribution is 8.08. The highest BCUT2D eigenvalue weighted by atomic mass is 32.2. The zero-order valence-electron chi connectivity index (χ0n) is 12.0. The van der Waals surface area contributed by atoms with Gasteiger partial charge in [-0.2, -0.15) is 11.8 Å². The number of sulfone groups is 1. The molecule has 1 N–H and O–H groups in total. The molecule has 0 aliphatic carbocycles. The Hall–Kier alpha value is -1.66. The topological polar surface area (TPSA) is 63.6 Å². The van der Waals surface area contributed by atoms with E-state index in [1.165, 1.54) is 12.1 Å². The summed E-state index contributed by atoms with van der Waals surface area (Å²) in [6, 6.07) is 12.8. The number of phenols is 1. The minimum Gasteiger partial charge on any atom is -0.508 e. The van der Waals surface area contributed by atoms with Crippen LogP contribution in [0.3, 0.4) is 0 Å². The molecule has 116 valence electrons. The predicted octanol–water partition coefficient (Wildman–Crippen LogP) is 3.46. The van der Waals surface area contributed by atoms with Crippen LogP contribution in [0.4, 0.5) is 0 Å². The second-order valence-electron chi connectivity index (χ2n) is 5.19. The minimum atomic E-state index is -3.28. The van der Waals surface area contributed by atoms with Crippen molar-refractivity contribution in [2.45, 2.75) is 22.3 Å². The summed E-state index contributed by atoms with van der Waals surface area (Å²) >= 11 is 1.68. The van der Waals surface area contributed by atoms with Gasteiger partial charge in [-0.25, -0.2) is 8.42 Å². The lowest BCUT2D eigenvalue weighted by atomic mass is 10.3. The van der Waals surface area contributed by atoms with E-state index >= 15 is 0 Å². The largest absolute Gasteiger partial charge is 0.508 e. The van der Waals surface area contributed by atoms with Crippen molar-refractivity contribution in [2.24, 2.45) is 0 Å². The molecule has 0 spiro atoms. The molecule has 1 heterocycles. The van der Waals surface area contributed by atoms with Crippen LogP contribution in [0.15, 0.2) is 53.4 Å². The van der Waals surface area contributed by atoms with Crippen LogP contribution in [-0.4, -0.2) is 29.8 Å². The van der Waals surface area contributed by atoms with Gasteiger partial charge in [-0.1, -0.05) is 0 Å². The first-order valence-corrected chi connectivity index (χ1v) is 9.49. The van der Waals surface area contributed by atoms with Crippen molar-refractivity contribution in [2.75, 3.05) is 5.75 Å². The fourth-order valence-corrected chi connectivity index (χ4v) is 5.00. The van der Waals surface area contributed by atoms with Gasteiger partial charge in [0, 0.05) is 11.0 Å². The summed E-state index contributed by atoms with van der Waals surface area (Å²) in [5.41, 5.74) is 0. The van der Waals surface area contributed by atoms with Crippen LogP contribution in [-0.2, 0) is 9.84 Å². The number of ether oxygens (including phenoxy) is 1. The lowest BCUT2D eigenvalue weighted by Gasteiger charge is -2.12. The predicted molar refractivity (Wildman–Crippen MR) is 87.5 cm³/mol. The fraction of sp³-hybridized carbons (Fsp3) is 0.250. The summed E-state index contributed by atoms with van der Waals surface area (Å²) in [4.78, 5) is 0.325. The Balaban J connectivity index is 1.76. The Morgan fingerprint density at radius 3 is 2.09 bits per heavy atom. The molecule has 2 aromatic rings. The van der Waals surface area contributed by atoms with Crippen molar-refractivity contribution in [1.82, 2.24) is 0 Å². The maximum absolute atomic E-state index is 12.4. The smallest absolute Gasteiger partial charge is 0.182 e. The first-order chi connectivity index (χ1) is 10.5. The van der Waals surface area contributed by atoms with Crippen molar-refractivity contribution < 1.29 is 18.3 Å². The van der Waals surface area contributed by atoms with E-state index < -0.39 is 9.84 Å². The first-order valence-electron chi connectivity index (χ1n) is 6.89. The average molecular weight is 336 g/mol. The first kappa shape index (κ1) is 15.2. The second kappa shape index (κ2) is 5.85. The molecule has 0 saturated carbocycles. The normalized spacial score (nSPS) is 18.7. The van der Waals surface area contributed by atoms with Gasteiger partial charge >= 0.3 is 0 Å². The van der Waals surface area contributed by atoms with Gasteiger partial charge in [0.1, 0.15) is 17.2 Å². The maximum atomic E-state index is 12.4. The molecule has 1 fully saturated rings. The Labute approximate surface area is 134 Å². The molecule has 1 aliphatic rings. The highest BCUT2D eigenvalue weighted by Gasteiger charge is 2.38. The van der Waals surface area contributed by atoms with Gasteiger partial charge in [0.25, 0.3) is 0 Å². The molecule has 6 heteroatoms. The van der Waals surface area contributed by atoms with E-state index in [2.05, 4.69) is 0 Å². The van der Waals surface area contributed by atoms with E-state index in [0.717, 1.165) is 5.75 Å². The van der Waals surface area contributed by atoms with Gasteiger partial charge in [-0.05, 0) is 55.5 Å².